The van der Waals surface area contributed by atoms with E-state index in [1.54, 1.807) is 6.20 Å². The lowest BCUT2D eigenvalue weighted by Crippen LogP contribution is -2.13. The zero-order valence-electron chi connectivity index (χ0n) is 10.6. The number of aliphatic hydroxyl groups is 1. The largest absolute Gasteiger partial charge is 0.492 e. The van der Waals surface area contributed by atoms with Crippen LogP contribution in [0.1, 0.15) is 18.7 Å². The Balaban J connectivity index is 2.00. The molecule has 19 heavy (non-hydrogen) atoms. The Bertz CT molecular complexity index is 579. The number of anilines is 1. The zero-order chi connectivity index (χ0) is 13.7. The van der Waals surface area contributed by atoms with Gasteiger partial charge in [-0.15, -0.1) is 0 Å². The summed E-state index contributed by atoms with van der Waals surface area (Å²) in [6.45, 7) is 2.91. The standard InChI is InChI=1S/C13H17N3O2S/c1-2-18-12-6-4-3-5-9(12)14-8-11(17)10-7-15-13(19)16-10/h3-7,11,14,17H,2,8H2,1H3,(H2,15,16,19). The van der Waals surface area contributed by atoms with Crippen molar-refractivity contribution < 1.29 is 9.84 Å². The Labute approximate surface area is 116 Å². The van der Waals surface area contributed by atoms with Crippen molar-refractivity contribution in [3.8, 4) is 5.75 Å². The molecule has 0 aliphatic rings. The molecule has 2 aromatic rings. The van der Waals surface area contributed by atoms with Crippen molar-refractivity contribution in [3.05, 3.63) is 40.9 Å². The van der Waals surface area contributed by atoms with Crippen molar-refractivity contribution in [2.75, 3.05) is 18.5 Å². The van der Waals surface area contributed by atoms with Gasteiger partial charge < -0.3 is 25.1 Å². The van der Waals surface area contributed by atoms with Crippen LogP contribution in [0.2, 0.25) is 0 Å². The van der Waals surface area contributed by atoms with Crippen molar-refractivity contribution in [1.82, 2.24) is 9.97 Å². The second-order valence-electron chi connectivity index (χ2n) is 4.02. The highest BCUT2D eigenvalue weighted by Gasteiger charge is 2.10. The molecule has 0 radical (unpaired) electrons. The molecule has 0 saturated carbocycles. The Hall–Kier alpha value is -1.79. The zero-order valence-corrected chi connectivity index (χ0v) is 11.5. The average Bonchev–Trinajstić information content (AvgIpc) is 2.84. The molecule has 6 heteroatoms. The minimum absolute atomic E-state index is 0.368. The van der Waals surface area contributed by atoms with Gasteiger partial charge in [-0.05, 0) is 31.3 Å². The number of benzene rings is 1. The lowest BCUT2D eigenvalue weighted by Gasteiger charge is -2.14. The second kappa shape index (κ2) is 6.40. The maximum absolute atomic E-state index is 10.0. The minimum Gasteiger partial charge on any atom is -0.492 e. The molecule has 0 bridgehead atoms. The van der Waals surface area contributed by atoms with Crippen LogP contribution in [0.5, 0.6) is 5.75 Å². The molecule has 1 aromatic heterocycles. The Morgan fingerprint density at radius 2 is 2.21 bits per heavy atom. The molecule has 4 N–H and O–H groups in total. The van der Waals surface area contributed by atoms with E-state index >= 15 is 0 Å². The number of para-hydroxylation sites is 2. The highest BCUT2D eigenvalue weighted by molar-refractivity contribution is 7.71. The molecule has 2 rings (SSSR count). The first-order valence-electron chi connectivity index (χ1n) is 6.12. The summed E-state index contributed by atoms with van der Waals surface area (Å²) in [5, 5.41) is 13.2. The average molecular weight is 279 g/mol. The fourth-order valence-corrected chi connectivity index (χ4v) is 1.91. The normalized spacial score (nSPS) is 12.1. The molecular formula is C13H17N3O2S. The number of ether oxygens (including phenoxy) is 1. The summed E-state index contributed by atoms with van der Waals surface area (Å²) in [6, 6.07) is 7.63. The van der Waals surface area contributed by atoms with E-state index in [0.29, 0.717) is 23.6 Å². The number of H-pyrrole nitrogens is 2. The van der Waals surface area contributed by atoms with Gasteiger partial charge in [0.05, 0.1) is 18.0 Å². The summed E-state index contributed by atoms with van der Waals surface area (Å²) in [5.41, 5.74) is 1.52. The molecule has 1 aromatic carbocycles. The minimum atomic E-state index is -0.664. The number of hydrogen-bond donors (Lipinski definition) is 4. The third kappa shape index (κ3) is 3.59. The molecule has 0 aliphatic carbocycles. The highest BCUT2D eigenvalue weighted by atomic mass is 32.1. The second-order valence-corrected chi connectivity index (χ2v) is 4.43. The molecular weight excluding hydrogens is 262 g/mol. The third-order valence-corrected chi connectivity index (χ3v) is 2.87. The summed E-state index contributed by atoms with van der Waals surface area (Å²) >= 11 is 4.92. The van der Waals surface area contributed by atoms with Crippen molar-refractivity contribution >= 4 is 17.9 Å². The maximum Gasteiger partial charge on any atom is 0.174 e. The van der Waals surface area contributed by atoms with Crippen molar-refractivity contribution in [3.63, 3.8) is 0 Å². The number of imidazole rings is 1. The van der Waals surface area contributed by atoms with Crippen LogP contribution in [0.3, 0.4) is 0 Å². The number of rotatable bonds is 6. The molecule has 5 nitrogen and oxygen atoms in total. The van der Waals surface area contributed by atoms with Crippen molar-refractivity contribution in [1.29, 1.82) is 0 Å². The van der Waals surface area contributed by atoms with Crippen LogP contribution < -0.4 is 10.1 Å². The van der Waals surface area contributed by atoms with E-state index in [4.69, 9.17) is 17.0 Å². The smallest absolute Gasteiger partial charge is 0.174 e. The van der Waals surface area contributed by atoms with Crippen LogP contribution in [0.15, 0.2) is 30.5 Å². The van der Waals surface area contributed by atoms with Crippen LogP contribution in [0, 0.1) is 4.77 Å². The fourth-order valence-electron chi connectivity index (χ4n) is 1.74. The Morgan fingerprint density at radius 1 is 1.42 bits per heavy atom. The number of aliphatic hydroxyl groups excluding tert-OH is 1. The summed E-state index contributed by atoms with van der Waals surface area (Å²) in [7, 11) is 0. The van der Waals surface area contributed by atoms with Crippen LogP contribution in [0.25, 0.3) is 0 Å². The Morgan fingerprint density at radius 3 is 2.89 bits per heavy atom. The van der Waals surface area contributed by atoms with Gasteiger partial charge in [0.25, 0.3) is 0 Å². The molecule has 1 unspecified atom stereocenters. The van der Waals surface area contributed by atoms with Gasteiger partial charge in [0.2, 0.25) is 0 Å². The molecule has 0 saturated heterocycles. The van der Waals surface area contributed by atoms with Gasteiger partial charge in [0, 0.05) is 12.7 Å². The quantitative estimate of drug-likeness (QED) is 0.613. The van der Waals surface area contributed by atoms with Crippen LogP contribution in [0.4, 0.5) is 5.69 Å². The first kappa shape index (κ1) is 13.6. The van der Waals surface area contributed by atoms with Crippen molar-refractivity contribution in [2.45, 2.75) is 13.0 Å². The van der Waals surface area contributed by atoms with Crippen LogP contribution >= 0.6 is 12.2 Å². The maximum atomic E-state index is 10.0. The summed E-state index contributed by atoms with van der Waals surface area (Å²) < 4.78 is 6.01. The van der Waals surface area contributed by atoms with E-state index in [0.717, 1.165) is 11.4 Å². The van der Waals surface area contributed by atoms with Gasteiger partial charge in [-0.3, -0.25) is 0 Å². The topological polar surface area (TPSA) is 73.1 Å². The Kier molecular flexibility index (Phi) is 4.59. The lowest BCUT2D eigenvalue weighted by molar-refractivity contribution is 0.187. The van der Waals surface area contributed by atoms with Gasteiger partial charge >= 0.3 is 0 Å². The molecule has 1 atom stereocenters. The third-order valence-electron chi connectivity index (χ3n) is 2.65. The molecule has 102 valence electrons. The van der Waals surface area contributed by atoms with E-state index in [1.165, 1.54) is 0 Å². The van der Waals surface area contributed by atoms with Gasteiger partial charge in [-0.1, -0.05) is 12.1 Å². The van der Waals surface area contributed by atoms with Crippen LogP contribution in [-0.2, 0) is 0 Å². The first-order chi connectivity index (χ1) is 9.20. The van der Waals surface area contributed by atoms with Gasteiger partial charge in [-0.25, -0.2) is 0 Å². The summed E-state index contributed by atoms with van der Waals surface area (Å²) in [5.74, 6) is 0.777. The molecule has 0 aliphatic heterocycles. The first-order valence-corrected chi connectivity index (χ1v) is 6.53. The summed E-state index contributed by atoms with van der Waals surface area (Å²) in [6.07, 6.45) is 1.01. The number of hydrogen-bond acceptors (Lipinski definition) is 4. The lowest BCUT2D eigenvalue weighted by atomic mass is 10.2. The predicted molar refractivity (Wildman–Crippen MR) is 77.0 cm³/mol. The number of aromatic nitrogens is 2. The monoisotopic (exact) mass is 279 g/mol. The van der Waals surface area contributed by atoms with Gasteiger partial charge in [0.15, 0.2) is 4.77 Å². The fraction of sp³-hybridized carbons (Fsp3) is 0.308. The summed E-state index contributed by atoms with van der Waals surface area (Å²) in [4.78, 5) is 5.72. The van der Waals surface area contributed by atoms with E-state index < -0.39 is 6.10 Å². The molecule has 0 fully saturated rings. The van der Waals surface area contributed by atoms with Gasteiger partial charge in [-0.2, -0.15) is 0 Å². The van der Waals surface area contributed by atoms with E-state index in [9.17, 15) is 5.11 Å². The van der Waals surface area contributed by atoms with E-state index in [1.807, 2.05) is 31.2 Å². The molecule has 0 amide bonds. The van der Waals surface area contributed by atoms with Gasteiger partial charge in [0.1, 0.15) is 11.9 Å². The number of nitrogens with one attached hydrogen (secondary N) is 3. The van der Waals surface area contributed by atoms with Crippen molar-refractivity contribution in [2.24, 2.45) is 0 Å². The van der Waals surface area contributed by atoms with E-state index in [2.05, 4.69) is 15.3 Å². The highest BCUT2D eigenvalue weighted by Crippen LogP contribution is 2.24. The van der Waals surface area contributed by atoms with Crippen LogP contribution in [-0.4, -0.2) is 28.2 Å². The SMILES string of the molecule is CCOc1ccccc1NCC(O)c1c[nH]c(=S)[nH]1. The van der Waals surface area contributed by atoms with E-state index in [-0.39, 0.29) is 0 Å². The molecule has 0 spiro atoms. The number of aromatic amines is 2. The molecule has 1 heterocycles. The predicted octanol–water partition coefficient (Wildman–Crippen LogP) is 2.62.